The second-order valence-electron chi connectivity index (χ2n) is 6.00. The molecule has 2 heterocycles. The maximum atomic E-state index is 12.6. The van der Waals surface area contributed by atoms with Crippen molar-refractivity contribution in [2.45, 2.75) is 10.8 Å². The molecule has 0 aliphatic carbocycles. The Balaban J connectivity index is 1.47. The number of hydrogen-bond acceptors (Lipinski definition) is 5. The van der Waals surface area contributed by atoms with Crippen molar-refractivity contribution >= 4 is 43.2 Å². The Labute approximate surface area is 166 Å². The maximum Gasteiger partial charge on any atom is 0.252 e. The van der Waals surface area contributed by atoms with Crippen molar-refractivity contribution in [3.05, 3.63) is 51.8 Å². The Morgan fingerprint density at radius 1 is 1.08 bits per heavy atom. The first-order chi connectivity index (χ1) is 12.4. The summed E-state index contributed by atoms with van der Waals surface area (Å²) in [5.74, 6) is -0.0488. The smallest absolute Gasteiger partial charge is 0.252 e. The predicted molar refractivity (Wildman–Crippen MR) is 106 cm³/mol. The van der Waals surface area contributed by atoms with E-state index < -0.39 is 10.0 Å². The van der Waals surface area contributed by atoms with Gasteiger partial charge in [-0.2, -0.15) is 4.31 Å². The summed E-state index contributed by atoms with van der Waals surface area (Å²) in [6.07, 6.45) is 0. The van der Waals surface area contributed by atoms with Crippen LogP contribution in [0.1, 0.15) is 5.56 Å². The Morgan fingerprint density at radius 2 is 1.77 bits per heavy atom. The van der Waals surface area contributed by atoms with Gasteiger partial charge in [0.05, 0.1) is 10.3 Å². The lowest BCUT2D eigenvalue weighted by atomic mass is 10.2. The second kappa shape index (κ2) is 8.62. The molecule has 0 spiro atoms. The van der Waals surface area contributed by atoms with E-state index in [0.29, 0.717) is 36.9 Å². The van der Waals surface area contributed by atoms with Crippen molar-refractivity contribution < 1.29 is 13.2 Å². The van der Waals surface area contributed by atoms with Gasteiger partial charge in [0.15, 0.2) is 0 Å². The first-order valence-electron chi connectivity index (χ1n) is 8.23. The molecular weight excluding hydrogens is 438 g/mol. The fourth-order valence-corrected chi connectivity index (χ4v) is 6.33. The molecular formula is C17H20BrN3O3S2. The fraction of sp³-hybridized carbons (Fsp3) is 0.353. The zero-order valence-corrected chi connectivity index (χ0v) is 17.3. The molecule has 2 aromatic rings. The Bertz CT molecular complexity index is 847. The van der Waals surface area contributed by atoms with Crippen LogP contribution in [0.5, 0.6) is 0 Å². The van der Waals surface area contributed by atoms with Crippen LogP contribution in [0.4, 0.5) is 0 Å². The molecule has 0 radical (unpaired) electrons. The highest BCUT2D eigenvalue weighted by Gasteiger charge is 2.30. The minimum atomic E-state index is -3.44. The molecule has 1 saturated heterocycles. The number of carbonyl (C=O) groups is 1. The lowest BCUT2D eigenvalue weighted by Crippen LogP contribution is -2.50. The monoisotopic (exact) mass is 457 g/mol. The third-order valence-corrected chi connectivity index (χ3v) is 8.16. The highest BCUT2D eigenvalue weighted by Crippen LogP contribution is 2.28. The molecule has 0 saturated carbocycles. The van der Waals surface area contributed by atoms with Crippen molar-refractivity contribution in [2.24, 2.45) is 0 Å². The average Bonchev–Trinajstić information content (AvgIpc) is 3.09. The molecule has 6 nitrogen and oxygen atoms in total. The molecule has 3 rings (SSSR count). The third-order valence-electron chi connectivity index (χ3n) is 4.17. The molecule has 1 aliphatic heterocycles. The van der Waals surface area contributed by atoms with Crippen LogP contribution in [0.15, 0.2) is 50.5 Å². The molecule has 140 valence electrons. The van der Waals surface area contributed by atoms with Crippen molar-refractivity contribution in [3.8, 4) is 0 Å². The minimum absolute atomic E-state index is 0.0488. The number of nitrogens with zero attached hydrogens (tertiary/aromatic N) is 2. The van der Waals surface area contributed by atoms with Gasteiger partial charge in [-0.25, -0.2) is 8.42 Å². The first kappa shape index (κ1) is 19.5. The molecule has 0 bridgehead atoms. The van der Waals surface area contributed by atoms with Gasteiger partial charge >= 0.3 is 0 Å². The van der Waals surface area contributed by atoms with Crippen molar-refractivity contribution in [1.82, 2.24) is 14.5 Å². The van der Waals surface area contributed by atoms with Gasteiger partial charge in [-0.05, 0) is 33.6 Å². The summed E-state index contributed by atoms with van der Waals surface area (Å²) in [5, 5.41) is 2.90. The Morgan fingerprint density at radius 3 is 2.38 bits per heavy atom. The van der Waals surface area contributed by atoms with Gasteiger partial charge in [0.1, 0.15) is 4.21 Å². The molecule has 1 N–H and O–H groups in total. The zero-order valence-electron chi connectivity index (χ0n) is 14.1. The number of hydrogen-bond donors (Lipinski definition) is 1. The van der Waals surface area contributed by atoms with Crippen LogP contribution in [-0.2, 0) is 21.4 Å². The summed E-state index contributed by atoms with van der Waals surface area (Å²) in [7, 11) is -3.44. The van der Waals surface area contributed by atoms with E-state index in [2.05, 4.69) is 21.2 Å². The highest BCUT2D eigenvalue weighted by molar-refractivity contribution is 9.11. The number of carbonyl (C=O) groups excluding carboxylic acids is 1. The van der Waals surface area contributed by atoms with Gasteiger partial charge < -0.3 is 5.32 Å². The maximum absolute atomic E-state index is 12.6. The van der Waals surface area contributed by atoms with Gasteiger partial charge in [0.2, 0.25) is 5.91 Å². The Kier molecular flexibility index (Phi) is 6.46. The topological polar surface area (TPSA) is 69.7 Å². The van der Waals surface area contributed by atoms with E-state index in [0.717, 1.165) is 9.35 Å². The van der Waals surface area contributed by atoms with Crippen LogP contribution in [-0.4, -0.2) is 56.3 Å². The summed E-state index contributed by atoms with van der Waals surface area (Å²) in [6, 6.07) is 13.1. The van der Waals surface area contributed by atoms with Crippen molar-refractivity contribution in [2.75, 3.05) is 32.7 Å². The predicted octanol–water partition coefficient (Wildman–Crippen LogP) is 2.13. The third kappa shape index (κ3) is 4.92. The molecule has 1 amide bonds. The molecule has 1 aromatic carbocycles. The number of sulfonamides is 1. The molecule has 1 aromatic heterocycles. The van der Waals surface area contributed by atoms with E-state index in [4.69, 9.17) is 0 Å². The normalized spacial score (nSPS) is 16.5. The number of amides is 1. The lowest BCUT2D eigenvalue weighted by Gasteiger charge is -2.33. The van der Waals surface area contributed by atoms with Gasteiger partial charge in [0, 0.05) is 32.7 Å². The van der Waals surface area contributed by atoms with E-state index in [9.17, 15) is 13.2 Å². The number of benzene rings is 1. The quantitative estimate of drug-likeness (QED) is 0.720. The van der Waals surface area contributed by atoms with E-state index in [1.54, 1.807) is 12.1 Å². The number of rotatable bonds is 6. The number of thiophene rings is 1. The number of nitrogens with one attached hydrogen (secondary N) is 1. The minimum Gasteiger partial charge on any atom is -0.351 e. The van der Waals surface area contributed by atoms with E-state index in [1.807, 2.05) is 35.2 Å². The lowest BCUT2D eigenvalue weighted by molar-refractivity contribution is -0.122. The van der Waals surface area contributed by atoms with Crippen molar-refractivity contribution in [1.29, 1.82) is 0 Å². The van der Waals surface area contributed by atoms with Crippen molar-refractivity contribution in [3.63, 3.8) is 0 Å². The summed E-state index contributed by atoms with van der Waals surface area (Å²) in [5.41, 5.74) is 1.05. The van der Waals surface area contributed by atoms with Crippen LogP contribution < -0.4 is 5.32 Å². The van der Waals surface area contributed by atoms with E-state index in [1.165, 1.54) is 15.6 Å². The highest BCUT2D eigenvalue weighted by atomic mass is 79.9. The van der Waals surface area contributed by atoms with E-state index >= 15 is 0 Å². The molecule has 1 fully saturated rings. The van der Waals surface area contributed by atoms with Gasteiger partial charge in [-0.1, -0.05) is 30.3 Å². The Hall–Kier alpha value is -1.26. The van der Waals surface area contributed by atoms with Crippen LogP contribution in [0.3, 0.4) is 0 Å². The average molecular weight is 458 g/mol. The largest absolute Gasteiger partial charge is 0.351 e. The molecule has 0 atom stereocenters. The van der Waals surface area contributed by atoms with E-state index in [-0.39, 0.29) is 12.5 Å². The summed E-state index contributed by atoms with van der Waals surface area (Å²) >= 11 is 4.51. The number of piperazine rings is 1. The van der Waals surface area contributed by atoms with Crippen LogP contribution in [0.25, 0.3) is 0 Å². The first-order valence-corrected chi connectivity index (χ1v) is 11.3. The summed E-state index contributed by atoms with van der Waals surface area (Å²) in [4.78, 5) is 14.1. The molecule has 26 heavy (non-hydrogen) atoms. The van der Waals surface area contributed by atoms with Gasteiger partial charge in [-0.15, -0.1) is 11.3 Å². The molecule has 9 heteroatoms. The van der Waals surface area contributed by atoms with Gasteiger partial charge in [-0.3, -0.25) is 9.69 Å². The molecule has 0 unspecified atom stereocenters. The summed E-state index contributed by atoms with van der Waals surface area (Å²) < 4.78 is 27.8. The van der Waals surface area contributed by atoms with Crippen LogP contribution in [0, 0.1) is 0 Å². The number of halogens is 1. The SMILES string of the molecule is O=C(CN1CCN(S(=O)(=O)c2ccc(Br)s2)CC1)NCc1ccccc1. The van der Waals surface area contributed by atoms with Gasteiger partial charge in [0.25, 0.3) is 10.0 Å². The molecule has 1 aliphatic rings. The fourth-order valence-electron chi connectivity index (χ4n) is 2.75. The van der Waals surface area contributed by atoms with Crippen LogP contribution >= 0.6 is 27.3 Å². The summed E-state index contributed by atoms with van der Waals surface area (Å²) in [6.45, 7) is 2.66. The zero-order chi connectivity index (χ0) is 18.6. The van der Waals surface area contributed by atoms with Crippen LogP contribution in [0.2, 0.25) is 0 Å². The standard InChI is InChI=1S/C17H20BrN3O3S2/c18-15-6-7-17(25-15)26(23,24)21-10-8-20(9-11-21)13-16(22)19-12-14-4-2-1-3-5-14/h1-7H,8-13H2,(H,19,22). The second-order valence-corrected chi connectivity index (χ2v) is 10.6.